The van der Waals surface area contributed by atoms with E-state index in [0.29, 0.717) is 12.4 Å². The van der Waals surface area contributed by atoms with Crippen LogP contribution in [-0.4, -0.2) is 44.0 Å². The van der Waals surface area contributed by atoms with Crippen molar-refractivity contribution in [1.29, 1.82) is 5.26 Å². The van der Waals surface area contributed by atoms with Gasteiger partial charge in [0.05, 0.1) is 29.3 Å². The minimum atomic E-state index is -0.322. The molecule has 4 aliphatic rings. The number of fused-ring (bicyclic) bond motifs is 1. The van der Waals surface area contributed by atoms with E-state index in [9.17, 15) is 10.4 Å². The zero-order valence-corrected chi connectivity index (χ0v) is 16.6. The zero-order valence-electron chi connectivity index (χ0n) is 16.6. The van der Waals surface area contributed by atoms with Crippen molar-refractivity contribution in [2.24, 2.45) is 10.8 Å². The van der Waals surface area contributed by atoms with Crippen molar-refractivity contribution in [2.45, 2.75) is 43.6 Å². The first-order valence-corrected chi connectivity index (χ1v) is 10.7. The monoisotopic (exact) mass is 398 g/mol. The summed E-state index contributed by atoms with van der Waals surface area (Å²) in [6.07, 6.45) is 8.63. The molecule has 7 heteroatoms. The van der Waals surface area contributed by atoms with Crippen molar-refractivity contribution in [3.05, 3.63) is 42.4 Å². The number of hydrogen-bond acceptors (Lipinski definition) is 6. The van der Waals surface area contributed by atoms with Crippen molar-refractivity contribution >= 4 is 16.7 Å². The summed E-state index contributed by atoms with van der Waals surface area (Å²) >= 11 is 0. The number of rotatable bonds is 3. The third kappa shape index (κ3) is 2.04. The van der Waals surface area contributed by atoms with Gasteiger partial charge in [-0.3, -0.25) is 0 Å². The van der Waals surface area contributed by atoms with Gasteiger partial charge in [0, 0.05) is 30.0 Å². The highest BCUT2D eigenvalue weighted by Crippen LogP contribution is 2.78. The molecule has 2 aromatic heterocycles. The Labute approximate surface area is 174 Å². The van der Waals surface area contributed by atoms with Gasteiger partial charge in [-0.2, -0.15) is 10.4 Å². The second-order valence-corrected chi connectivity index (χ2v) is 9.80. The lowest BCUT2D eigenvalue weighted by molar-refractivity contribution is 0.136. The molecule has 3 aromatic rings. The number of anilines is 1. The molecule has 150 valence electrons. The highest BCUT2D eigenvalue weighted by Gasteiger charge is 2.75. The van der Waals surface area contributed by atoms with Crippen LogP contribution in [0.5, 0.6) is 0 Å². The van der Waals surface area contributed by atoms with Gasteiger partial charge in [0.1, 0.15) is 12.1 Å². The Balaban J connectivity index is 1.28. The molecule has 7 rings (SSSR count). The van der Waals surface area contributed by atoms with Crippen molar-refractivity contribution in [3.63, 3.8) is 0 Å². The molecule has 0 amide bonds. The first kappa shape index (κ1) is 16.8. The van der Waals surface area contributed by atoms with Gasteiger partial charge in [-0.25, -0.2) is 14.6 Å². The largest absolute Gasteiger partial charge is 0.391 e. The Morgan fingerprint density at radius 2 is 1.93 bits per heavy atom. The number of β-amino-alcohol motifs (C(OH)–C–C–N with tert-alkyl or cyclic N) is 1. The maximum atomic E-state index is 10.4. The van der Waals surface area contributed by atoms with Crippen LogP contribution in [0, 0.1) is 22.2 Å². The highest BCUT2D eigenvalue weighted by atomic mass is 16.3. The molecule has 3 heterocycles. The number of nitriles is 1. The van der Waals surface area contributed by atoms with E-state index in [0.717, 1.165) is 60.9 Å². The van der Waals surface area contributed by atoms with Gasteiger partial charge in [0.2, 0.25) is 0 Å². The molecule has 1 aliphatic heterocycles. The summed E-state index contributed by atoms with van der Waals surface area (Å²) in [5.41, 5.74) is 2.06. The third-order valence-electron chi connectivity index (χ3n) is 8.17. The predicted octanol–water partition coefficient (Wildman–Crippen LogP) is 2.72. The average molecular weight is 398 g/mol. The first-order valence-electron chi connectivity index (χ1n) is 10.7. The van der Waals surface area contributed by atoms with E-state index in [4.69, 9.17) is 0 Å². The van der Waals surface area contributed by atoms with Crippen molar-refractivity contribution in [2.75, 3.05) is 18.0 Å². The normalized spacial score (nSPS) is 29.5. The lowest BCUT2D eigenvalue weighted by Gasteiger charge is -2.17. The van der Waals surface area contributed by atoms with Crippen LogP contribution >= 0.6 is 0 Å². The number of benzene rings is 1. The second kappa shape index (κ2) is 5.19. The lowest BCUT2D eigenvalue weighted by Crippen LogP contribution is -2.22. The summed E-state index contributed by atoms with van der Waals surface area (Å²) in [5, 5.41) is 25.9. The van der Waals surface area contributed by atoms with E-state index in [1.54, 1.807) is 6.33 Å². The summed E-state index contributed by atoms with van der Waals surface area (Å²) in [7, 11) is 0. The van der Waals surface area contributed by atoms with Crippen molar-refractivity contribution < 1.29 is 5.11 Å². The van der Waals surface area contributed by atoms with E-state index in [1.807, 2.05) is 16.9 Å². The van der Waals surface area contributed by atoms with E-state index >= 15 is 0 Å². The SMILES string of the molecule is N#C[C@]1(c2ccc3cnn(-c4cc(N5CC(O)C6(CC6)C5)ncn4)c3c2)CC12CC2. The lowest BCUT2D eigenvalue weighted by atomic mass is 9.93. The van der Waals surface area contributed by atoms with Crippen LogP contribution in [-0.2, 0) is 5.41 Å². The Bertz CT molecular complexity index is 1250. The third-order valence-corrected chi connectivity index (χ3v) is 8.17. The van der Waals surface area contributed by atoms with Crippen LogP contribution in [0.3, 0.4) is 0 Å². The predicted molar refractivity (Wildman–Crippen MR) is 110 cm³/mol. The minimum absolute atomic E-state index is 0.0764. The summed E-state index contributed by atoms with van der Waals surface area (Å²) in [6, 6.07) is 10.9. The minimum Gasteiger partial charge on any atom is -0.391 e. The number of aliphatic hydroxyl groups is 1. The fourth-order valence-corrected chi connectivity index (χ4v) is 5.72. The molecule has 1 N–H and O–H groups in total. The first-order chi connectivity index (χ1) is 14.6. The molecule has 7 nitrogen and oxygen atoms in total. The Morgan fingerprint density at radius 1 is 1.10 bits per heavy atom. The Hall–Kier alpha value is -2.98. The number of nitrogens with zero attached hydrogens (tertiary/aromatic N) is 6. The van der Waals surface area contributed by atoms with Gasteiger partial charge in [-0.1, -0.05) is 12.1 Å². The van der Waals surface area contributed by atoms with Crippen LogP contribution in [0.25, 0.3) is 16.7 Å². The fraction of sp³-hybridized carbons (Fsp3) is 0.478. The molecule has 1 aromatic carbocycles. The van der Waals surface area contributed by atoms with Crippen molar-refractivity contribution in [1.82, 2.24) is 19.7 Å². The number of hydrogen-bond donors (Lipinski definition) is 1. The standard InChI is InChI=1S/C23H22N6O/c24-12-23(11-22(23)5-6-22)16-2-1-15-9-27-29(17(15)7-16)20-8-19(25-14-26-20)28-10-18(30)21(13-28)3-4-21/h1-2,7-9,14,18,30H,3-6,10-11,13H2/t18?,23-/m0/s1. The summed E-state index contributed by atoms with van der Waals surface area (Å²) in [5.74, 6) is 1.54. The van der Waals surface area contributed by atoms with Crippen LogP contribution in [0.15, 0.2) is 36.8 Å². The van der Waals surface area contributed by atoms with Gasteiger partial charge in [-0.05, 0) is 49.1 Å². The quantitative estimate of drug-likeness (QED) is 0.730. The van der Waals surface area contributed by atoms with Gasteiger partial charge in [-0.15, -0.1) is 0 Å². The maximum Gasteiger partial charge on any atom is 0.159 e. The van der Waals surface area contributed by atoms with Crippen LogP contribution in [0.4, 0.5) is 5.82 Å². The number of aliphatic hydroxyl groups excluding tert-OH is 1. The average Bonchev–Trinajstić information content (AvgIpc) is 3.72. The van der Waals surface area contributed by atoms with E-state index < -0.39 is 0 Å². The molecule has 2 spiro atoms. The molecule has 2 atom stereocenters. The van der Waals surface area contributed by atoms with Gasteiger partial charge < -0.3 is 10.0 Å². The van der Waals surface area contributed by atoms with Crippen LogP contribution in [0.2, 0.25) is 0 Å². The molecular weight excluding hydrogens is 376 g/mol. The van der Waals surface area contributed by atoms with E-state index in [2.05, 4.69) is 44.2 Å². The van der Waals surface area contributed by atoms with E-state index in [-0.39, 0.29) is 22.3 Å². The molecule has 0 radical (unpaired) electrons. The fourth-order valence-electron chi connectivity index (χ4n) is 5.72. The Morgan fingerprint density at radius 3 is 2.63 bits per heavy atom. The van der Waals surface area contributed by atoms with Crippen molar-refractivity contribution in [3.8, 4) is 11.9 Å². The van der Waals surface area contributed by atoms with Gasteiger partial charge in [0.15, 0.2) is 5.82 Å². The molecular formula is C23H22N6O. The maximum absolute atomic E-state index is 10.4. The summed E-state index contributed by atoms with van der Waals surface area (Å²) in [6.45, 7) is 1.47. The van der Waals surface area contributed by atoms with Crippen LogP contribution in [0.1, 0.15) is 37.7 Å². The van der Waals surface area contributed by atoms with E-state index in [1.165, 1.54) is 0 Å². The van der Waals surface area contributed by atoms with Crippen LogP contribution < -0.4 is 4.90 Å². The second-order valence-electron chi connectivity index (χ2n) is 9.80. The van der Waals surface area contributed by atoms with Gasteiger partial charge in [0.25, 0.3) is 0 Å². The summed E-state index contributed by atoms with van der Waals surface area (Å²) in [4.78, 5) is 11.1. The Kier molecular flexibility index (Phi) is 2.90. The molecule has 0 bridgehead atoms. The van der Waals surface area contributed by atoms with Gasteiger partial charge >= 0.3 is 0 Å². The molecule has 30 heavy (non-hydrogen) atoms. The zero-order chi connectivity index (χ0) is 20.1. The highest BCUT2D eigenvalue weighted by molar-refractivity contribution is 5.82. The molecule has 1 unspecified atom stereocenters. The molecule has 3 saturated carbocycles. The summed E-state index contributed by atoms with van der Waals surface area (Å²) < 4.78 is 1.84. The topological polar surface area (TPSA) is 90.9 Å². The smallest absolute Gasteiger partial charge is 0.159 e. The number of aromatic nitrogens is 4. The molecule has 1 saturated heterocycles. The molecule has 3 aliphatic carbocycles. The molecule has 4 fully saturated rings.